The van der Waals surface area contributed by atoms with Crippen molar-refractivity contribution in [2.45, 2.75) is 44.2 Å². The van der Waals surface area contributed by atoms with Gasteiger partial charge in [-0.25, -0.2) is 4.98 Å². The van der Waals surface area contributed by atoms with Crippen molar-refractivity contribution >= 4 is 11.3 Å². The topological polar surface area (TPSA) is 42.1 Å². The van der Waals surface area contributed by atoms with E-state index >= 15 is 0 Å². The summed E-state index contributed by atoms with van der Waals surface area (Å²) >= 11 is 1.82. The Kier molecular flexibility index (Phi) is 2.96. The number of rotatable bonds is 4. The summed E-state index contributed by atoms with van der Waals surface area (Å²) in [5.41, 5.74) is 9.20. The molecule has 1 unspecified atom stereocenters. The van der Waals surface area contributed by atoms with Crippen LogP contribution in [0.2, 0.25) is 0 Å². The molecule has 1 saturated carbocycles. The van der Waals surface area contributed by atoms with Crippen molar-refractivity contribution in [3.05, 3.63) is 16.1 Å². The zero-order valence-corrected chi connectivity index (χ0v) is 10.4. The lowest BCUT2D eigenvalue weighted by Gasteiger charge is -2.22. The predicted octanol–water partition coefficient (Wildman–Crippen LogP) is 1.94. The molecular formula is C12H19N3S. The quantitative estimate of drug-likeness (QED) is 0.870. The minimum absolute atomic E-state index is 0.606. The lowest BCUT2D eigenvalue weighted by Crippen LogP contribution is -2.34. The first kappa shape index (κ1) is 10.7. The third-order valence-electron chi connectivity index (χ3n) is 3.75. The van der Waals surface area contributed by atoms with Gasteiger partial charge in [-0.2, -0.15) is 0 Å². The van der Waals surface area contributed by atoms with E-state index in [1.54, 1.807) is 0 Å². The van der Waals surface area contributed by atoms with Crippen LogP contribution < -0.4 is 5.73 Å². The van der Waals surface area contributed by atoms with Crippen LogP contribution in [0.1, 0.15) is 42.2 Å². The van der Waals surface area contributed by atoms with Gasteiger partial charge in [0.15, 0.2) is 0 Å². The second-order valence-corrected chi connectivity index (χ2v) is 5.88. The standard InChI is InChI=1S/C12H19N3S/c13-6-10-2-1-5-15(10)7-11-12(9-3-4-9)14-8-16-11/h8-10H,1-7,13H2. The number of likely N-dealkylation sites (tertiary alicyclic amines) is 1. The van der Waals surface area contributed by atoms with Gasteiger partial charge >= 0.3 is 0 Å². The molecule has 1 aromatic heterocycles. The average molecular weight is 237 g/mol. The van der Waals surface area contributed by atoms with E-state index in [1.165, 1.54) is 42.8 Å². The molecule has 0 aromatic carbocycles. The van der Waals surface area contributed by atoms with Gasteiger partial charge in [-0.05, 0) is 32.2 Å². The number of thiazole rings is 1. The predicted molar refractivity (Wildman–Crippen MR) is 66.6 cm³/mol. The molecule has 0 amide bonds. The molecule has 3 nitrogen and oxygen atoms in total. The van der Waals surface area contributed by atoms with Crippen molar-refractivity contribution in [1.82, 2.24) is 9.88 Å². The van der Waals surface area contributed by atoms with Crippen molar-refractivity contribution in [1.29, 1.82) is 0 Å². The number of nitrogens with zero attached hydrogens (tertiary/aromatic N) is 2. The zero-order valence-electron chi connectivity index (χ0n) is 9.56. The molecule has 0 radical (unpaired) electrons. The molecule has 88 valence electrons. The molecule has 1 aliphatic heterocycles. The van der Waals surface area contributed by atoms with Crippen LogP contribution >= 0.6 is 11.3 Å². The van der Waals surface area contributed by atoms with Gasteiger partial charge in [0.1, 0.15) is 0 Å². The summed E-state index contributed by atoms with van der Waals surface area (Å²) < 4.78 is 0. The van der Waals surface area contributed by atoms with Crippen LogP contribution in [-0.2, 0) is 6.54 Å². The highest BCUT2D eigenvalue weighted by molar-refractivity contribution is 7.09. The second kappa shape index (κ2) is 4.43. The second-order valence-electron chi connectivity index (χ2n) is 4.94. The SMILES string of the molecule is NCC1CCCN1Cc1scnc1C1CC1. The van der Waals surface area contributed by atoms with E-state index in [2.05, 4.69) is 9.88 Å². The van der Waals surface area contributed by atoms with E-state index < -0.39 is 0 Å². The Morgan fingerprint density at radius 3 is 3.06 bits per heavy atom. The summed E-state index contributed by atoms with van der Waals surface area (Å²) in [7, 11) is 0. The van der Waals surface area contributed by atoms with Gasteiger partial charge in [0, 0.05) is 29.9 Å². The van der Waals surface area contributed by atoms with Gasteiger partial charge in [0.2, 0.25) is 0 Å². The van der Waals surface area contributed by atoms with Crippen LogP contribution in [0.15, 0.2) is 5.51 Å². The van der Waals surface area contributed by atoms with Gasteiger partial charge in [0.25, 0.3) is 0 Å². The highest BCUT2D eigenvalue weighted by Crippen LogP contribution is 2.42. The summed E-state index contributed by atoms with van der Waals surface area (Å²) in [5, 5.41) is 0. The molecule has 2 fully saturated rings. The number of hydrogen-bond donors (Lipinski definition) is 1. The van der Waals surface area contributed by atoms with Crippen LogP contribution in [-0.4, -0.2) is 29.0 Å². The third-order valence-corrected chi connectivity index (χ3v) is 4.59. The van der Waals surface area contributed by atoms with Crippen molar-refractivity contribution in [2.24, 2.45) is 5.73 Å². The summed E-state index contributed by atoms with van der Waals surface area (Å²) in [4.78, 5) is 8.56. The maximum atomic E-state index is 5.81. The van der Waals surface area contributed by atoms with Crippen LogP contribution in [0, 0.1) is 0 Å². The molecule has 1 aromatic rings. The zero-order chi connectivity index (χ0) is 11.0. The fourth-order valence-corrected chi connectivity index (χ4v) is 3.52. The fourth-order valence-electron chi connectivity index (χ4n) is 2.64. The number of nitrogens with two attached hydrogens (primary N) is 1. The van der Waals surface area contributed by atoms with Gasteiger partial charge in [-0.1, -0.05) is 0 Å². The van der Waals surface area contributed by atoms with Crippen molar-refractivity contribution in [3.63, 3.8) is 0 Å². The van der Waals surface area contributed by atoms with Crippen LogP contribution in [0.5, 0.6) is 0 Å². The molecule has 1 atom stereocenters. The molecule has 1 aliphatic carbocycles. The first-order valence-electron chi connectivity index (χ1n) is 6.25. The van der Waals surface area contributed by atoms with Gasteiger partial charge in [0.05, 0.1) is 11.2 Å². The highest BCUT2D eigenvalue weighted by Gasteiger charge is 2.30. The Balaban J connectivity index is 1.70. The largest absolute Gasteiger partial charge is 0.329 e. The Morgan fingerprint density at radius 2 is 2.31 bits per heavy atom. The molecule has 0 spiro atoms. The molecule has 16 heavy (non-hydrogen) atoms. The molecule has 0 bridgehead atoms. The molecule has 4 heteroatoms. The summed E-state index contributed by atoms with van der Waals surface area (Å²) in [6.07, 6.45) is 5.27. The van der Waals surface area contributed by atoms with Gasteiger partial charge in [-0.3, -0.25) is 4.90 Å². The van der Waals surface area contributed by atoms with Crippen molar-refractivity contribution in [3.8, 4) is 0 Å². The molecule has 3 rings (SSSR count). The Labute approximate surface area is 101 Å². The van der Waals surface area contributed by atoms with Crippen LogP contribution in [0.25, 0.3) is 0 Å². The fraction of sp³-hybridized carbons (Fsp3) is 0.750. The Hall–Kier alpha value is -0.450. The molecule has 2 N–H and O–H groups in total. The van der Waals surface area contributed by atoms with Crippen molar-refractivity contribution in [2.75, 3.05) is 13.1 Å². The first-order chi connectivity index (χ1) is 7.88. The summed E-state index contributed by atoms with van der Waals surface area (Å²) in [5.74, 6) is 0.778. The summed E-state index contributed by atoms with van der Waals surface area (Å²) in [6.45, 7) is 3.10. The maximum absolute atomic E-state index is 5.81. The number of hydrogen-bond acceptors (Lipinski definition) is 4. The molecule has 2 heterocycles. The number of aromatic nitrogens is 1. The van der Waals surface area contributed by atoms with Crippen molar-refractivity contribution < 1.29 is 0 Å². The molecule has 2 aliphatic rings. The highest BCUT2D eigenvalue weighted by atomic mass is 32.1. The molecule has 1 saturated heterocycles. The van der Waals surface area contributed by atoms with E-state index in [-0.39, 0.29) is 0 Å². The maximum Gasteiger partial charge on any atom is 0.0798 e. The third kappa shape index (κ3) is 2.01. The van der Waals surface area contributed by atoms with E-state index in [9.17, 15) is 0 Å². The minimum atomic E-state index is 0.606. The monoisotopic (exact) mass is 237 g/mol. The van der Waals surface area contributed by atoms with Gasteiger partial charge in [-0.15, -0.1) is 11.3 Å². The lowest BCUT2D eigenvalue weighted by molar-refractivity contribution is 0.251. The van der Waals surface area contributed by atoms with E-state index in [1.807, 2.05) is 16.8 Å². The van der Waals surface area contributed by atoms with Gasteiger partial charge < -0.3 is 5.73 Å². The lowest BCUT2D eigenvalue weighted by atomic mass is 10.2. The van der Waals surface area contributed by atoms with Crippen LogP contribution in [0.3, 0.4) is 0 Å². The summed E-state index contributed by atoms with van der Waals surface area (Å²) in [6, 6.07) is 0.606. The Morgan fingerprint density at radius 1 is 1.44 bits per heavy atom. The van der Waals surface area contributed by atoms with E-state index in [0.717, 1.165) is 19.0 Å². The normalized spacial score (nSPS) is 26.4. The Bertz CT molecular complexity index is 359. The molecular weight excluding hydrogens is 218 g/mol. The van der Waals surface area contributed by atoms with E-state index in [0.29, 0.717) is 6.04 Å². The average Bonchev–Trinajstić information content (AvgIpc) is 2.88. The first-order valence-corrected chi connectivity index (χ1v) is 7.13. The van der Waals surface area contributed by atoms with E-state index in [4.69, 9.17) is 5.73 Å². The smallest absolute Gasteiger partial charge is 0.0798 e. The minimum Gasteiger partial charge on any atom is -0.329 e. The van der Waals surface area contributed by atoms with Crippen LogP contribution in [0.4, 0.5) is 0 Å².